The van der Waals surface area contributed by atoms with Crippen molar-refractivity contribution in [1.82, 2.24) is 0 Å². The summed E-state index contributed by atoms with van der Waals surface area (Å²) in [6, 6.07) is 3.52. The van der Waals surface area contributed by atoms with Crippen LogP contribution in [0.15, 0.2) is 12.1 Å². The van der Waals surface area contributed by atoms with Gasteiger partial charge in [0.25, 0.3) is 0 Å². The van der Waals surface area contributed by atoms with Crippen LogP contribution in [0.1, 0.15) is 18.4 Å². The summed E-state index contributed by atoms with van der Waals surface area (Å²) in [5.74, 6) is 1.87. The van der Waals surface area contributed by atoms with E-state index in [1.54, 1.807) is 33.5 Å². The van der Waals surface area contributed by atoms with Crippen LogP contribution in [-0.2, 0) is 5.60 Å². The molecule has 0 bridgehead atoms. The van der Waals surface area contributed by atoms with E-state index in [9.17, 15) is 5.11 Å². The van der Waals surface area contributed by atoms with E-state index in [1.807, 2.05) is 0 Å². The predicted octanol–water partition coefficient (Wildman–Crippen LogP) is 1.69. The number of methoxy groups -OCH3 is 3. The Morgan fingerprint density at radius 3 is 1.81 bits per heavy atom. The van der Waals surface area contributed by atoms with Crippen LogP contribution in [0.25, 0.3) is 0 Å². The maximum atomic E-state index is 10.2. The van der Waals surface area contributed by atoms with Crippen LogP contribution in [-0.4, -0.2) is 26.4 Å². The number of hydrogen-bond donors (Lipinski definition) is 1. The molecule has 1 N–H and O–H groups in total. The smallest absolute Gasteiger partial charge is 0.132 e. The Morgan fingerprint density at radius 2 is 1.50 bits per heavy atom. The fraction of sp³-hybridized carbons (Fsp3) is 0.500. The summed E-state index contributed by atoms with van der Waals surface area (Å²) < 4.78 is 15.7. The van der Waals surface area contributed by atoms with Gasteiger partial charge < -0.3 is 19.3 Å². The van der Waals surface area contributed by atoms with E-state index in [1.165, 1.54) is 0 Å². The summed E-state index contributed by atoms with van der Waals surface area (Å²) >= 11 is 0. The lowest BCUT2D eigenvalue weighted by Gasteiger charge is -2.18. The van der Waals surface area contributed by atoms with Gasteiger partial charge in [0.2, 0.25) is 0 Å². The second-order valence-electron chi connectivity index (χ2n) is 3.94. The third kappa shape index (κ3) is 1.69. The molecule has 4 nitrogen and oxygen atoms in total. The second-order valence-corrected chi connectivity index (χ2v) is 3.94. The Hall–Kier alpha value is -1.42. The van der Waals surface area contributed by atoms with Crippen LogP contribution in [0.2, 0.25) is 0 Å². The molecule has 0 radical (unpaired) electrons. The average Bonchev–Trinajstić information content (AvgIpc) is 3.06. The van der Waals surface area contributed by atoms with E-state index in [0.29, 0.717) is 17.2 Å². The Bertz CT molecular complexity index is 371. The van der Waals surface area contributed by atoms with Gasteiger partial charge in [-0.3, -0.25) is 0 Å². The number of hydrogen-bond acceptors (Lipinski definition) is 4. The first kappa shape index (κ1) is 11.1. The van der Waals surface area contributed by atoms with Gasteiger partial charge in [0.05, 0.1) is 32.5 Å². The quantitative estimate of drug-likeness (QED) is 0.845. The monoisotopic (exact) mass is 224 g/mol. The molecular formula is C12H16O4. The first-order chi connectivity index (χ1) is 7.64. The topological polar surface area (TPSA) is 47.9 Å². The summed E-state index contributed by atoms with van der Waals surface area (Å²) in [5, 5.41) is 10.2. The molecule has 0 aliphatic heterocycles. The fourth-order valence-electron chi connectivity index (χ4n) is 1.83. The van der Waals surface area contributed by atoms with E-state index in [0.717, 1.165) is 18.4 Å². The molecule has 1 saturated carbocycles. The summed E-state index contributed by atoms with van der Waals surface area (Å²) in [6.45, 7) is 0. The van der Waals surface area contributed by atoms with Crippen molar-refractivity contribution < 1.29 is 19.3 Å². The zero-order chi connectivity index (χ0) is 11.8. The van der Waals surface area contributed by atoms with Crippen molar-refractivity contribution >= 4 is 0 Å². The van der Waals surface area contributed by atoms with E-state index in [2.05, 4.69) is 0 Å². The van der Waals surface area contributed by atoms with Crippen LogP contribution in [0.5, 0.6) is 17.2 Å². The summed E-state index contributed by atoms with van der Waals surface area (Å²) in [5.41, 5.74) is -0.0681. The predicted molar refractivity (Wildman–Crippen MR) is 59.2 cm³/mol. The van der Waals surface area contributed by atoms with Crippen molar-refractivity contribution in [2.45, 2.75) is 18.4 Å². The minimum absolute atomic E-state index is 0.608. The molecule has 1 aliphatic rings. The molecule has 16 heavy (non-hydrogen) atoms. The Kier molecular flexibility index (Phi) is 2.68. The third-order valence-corrected chi connectivity index (χ3v) is 2.90. The zero-order valence-corrected chi connectivity index (χ0v) is 9.74. The van der Waals surface area contributed by atoms with Gasteiger partial charge in [0.15, 0.2) is 0 Å². The van der Waals surface area contributed by atoms with Gasteiger partial charge in [0, 0.05) is 12.1 Å². The van der Waals surface area contributed by atoms with Gasteiger partial charge in [-0.1, -0.05) is 0 Å². The lowest BCUT2D eigenvalue weighted by atomic mass is 10.0. The van der Waals surface area contributed by atoms with Crippen molar-refractivity contribution in [1.29, 1.82) is 0 Å². The molecule has 0 unspecified atom stereocenters. The SMILES string of the molecule is COc1cc(OC)c(C2(O)CC2)c(OC)c1. The van der Waals surface area contributed by atoms with Crippen molar-refractivity contribution in [3.05, 3.63) is 17.7 Å². The average molecular weight is 224 g/mol. The molecule has 1 fully saturated rings. The van der Waals surface area contributed by atoms with Crippen LogP contribution < -0.4 is 14.2 Å². The highest BCUT2D eigenvalue weighted by Gasteiger charge is 2.46. The largest absolute Gasteiger partial charge is 0.496 e. The molecular weight excluding hydrogens is 208 g/mol. The standard InChI is InChI=1S/C12H16O4/c1-14-8-6-9(15-2)11(10(7-8)16-3)12(13)4-5-12/h6-7,13H,4-5H2,1-3H3. The molecule has 1 aliphatic carbocycles. The van der Waals surface area contributed by atoms with Crippen LogP contribution >= 0.6 is 0 Å². The molecule has 0 atom stereocenters. The van der Waals surface area contributed by atoms with Gasteiger partial charge in [-0.15, -0.1) is 0 Å². The first-order valence-corrected chi connectivity index (χ1v) is 5.17. The van der Waals surface area contributed by atoms with Crippen molar-refractivity contribution in [3.63, 3.8) is 0 Å². The van der Waals surface area contributed by atoms with Gasteiger partial charge in [-0.25, -0.2) is 0 Å². The summed E-state index contributed by atoms with van der Waals surface area (Å²) in [7, 11) is 4.73. The molecule has 1 aromatic carbocycles. The van der Waals surface area contributed by atoms with E-state index >= 15 is 0 Å². The molecule has 0 amide bonds. The molecule has 2 rings (SSSR count). The molecule has 1 aromatic rings. The first-order valence-electron chi connectivity index (χ1n) is 5.17. The number of benzene rings is 1. The van der Waals surface area contributed by atoms with Crippen LogP contribution in [0.4, 0.5) is 0 Å². The molecule has 4 heteroatoms. The Morgan fingerprint density at radius 1 is 1.00 bits per heavy atom. The van der Waals surface area contributed by atoms with Gasteiger partial charge >= 0.3 is 0 Å². The Labute approximate surface area is 94.8 Å². The minimum atomic E-state index is -0.789. The van der Waals surface area contributed by atoms with Gasteiger partial charge in [-0.2, -0.15) is 0 Å². The third-order valence-electron chi connectivity index (χ3n) is 2.90. The fourth-order valence-corrected chi connectivity index (χ4v) is 1.83. The molecule has 0 saturated heterocycles. The van der Waals surface area contributed by atoms with Crippen molar-refractivity contribution in [2.75, 3.05) is 21.3 Å². The summed E-state index contributed by atoms with van der Waals surface area (Å²) in [4.78, 5) is 0. The highest BCUT2D eigenvalue weighted by molar-refractivity contribution is 5.55. The number of rotatable bonds is 4. The van der Waals surface area contributed by atoms with Crippen LogP contribution in [0.3, 0.4) is 0 Å². The maximum absolute atomic E-state index is 10.2. The highest BCUT2D eigenvalue weighted by atomic mass is 16.5. The second kappa shape index (κ2) is 3.87. The van der Waals surface area contributed by atoms with Gasteiger partial charge in [0.1, 0.15) is 17.2 Å². The van der Waals surface area contributed by atoms with Crippen molar-refractivity contribution in [3.8, 4) is 17.2 Å². The zero-order valence-electron chi connectivity index (χ0n) is 9.74. The number of aliphatic hydroxyl groups is 1. The normalized spacial score (nSPS) is 16.8. The highest BCUT2D eigenvalue weighted by Crippen LogP contribution is 2.53. The molecule has 0 spiro atoms. The molecule has 0 heterocycles. The Balaban J connectivity index is 2.55. The lowest BCUT2D eigenvalue weighted by molar-refractivity contribution is 0.143. The maximum Gasteiger partial charge on any atom is 0.132 e. The van der Waals surface area contributed by atoms with E-state index < -0.39 is 5.60 Å². The van der Waals surface area contributed by atoms with Crippen molar-refractivity contribution in [2.24, 2.45) is 0 Å². The van der Waals surface area contributed by atoms with E-state index in [4.69, 9.17) is 14.2 Å². The molecule has 88 valence electrons. The lowest BCUT2D eigenvalue weighted by Crippen LogP contribution is -2.09. The van der Waals surface area contributed by atoms with E-state index in [-0.39, 0.29) is 0 Å². The van der Waals surface area contributed by atoms with Gasteiger partial charge in [-0.05, 0) is 12.8 Å². The molecule has 0 aromatic heterocycles. The minimum Gasteiger partial charge on any atom is -0.496 e. The summed E-state index contributed by atoms with van der Waals surface area (Å²) in [6.07, 6.45) is 1.48. The number of ether oxygens (including phenoxy) is 3. The van der Waals surface area contributed by atoms with Crippen LogP contribution in [0, 0.1) is 0 Å².